The van der Waals surface area contributed by atoms with Crippen LogP contribution in [0.3, 0.4) is 0 Å². The maximum Gasteiger partial charge on any atom is 0.407 e. The first-order chi connectivity index (χ1) is 24.8. The highest BCUT2D eigenvalue weighted by atomic mass is 16.7. The minimum atomic E-state index is -1.74. The third-order valence-electron chi connectivity index (χ3n) is 11.2. The maximum atomic E-state index is 14.1. The molecule has 0 unspecified atom stereocenters. The number of methoxy groups -OCH3 is 3. The molecule has 0 bridgehead atoms. The second-order valence-corrected chi connectivity index (χ2v) is 15.4. The fourth-order valence-electron chi connectivity index (χ4n) is 7.70. The van der Waals surface area contributed by atoms with E-state index in [0.717, 1.165) is 5.56 Å². The Morgan fingerprint density at radius 3 is 2.25 bits per heavy atom. The minimum absolute atomic E-state index is 0.128. The van der Waals surface area contributed by atoms with Gasteiger partial charge in [0, 0.05) is 45.1 Å². The Morgan fingerprint density at radius 2 is 1.70 bits per heavy atom. The molecule has 1 amide bonds. The van der Waals surface area contributed by atoms with Crippen molar-refractivity contribution in [2.24, 2.45) is 17.8 Å². The first-order valence-corrected chi connectivity index (χ1v) is 18.6. The van der Waals surface area contributed by atoms with Crippen molar-refractivity contribution < 1.29 is 57.8 Å². The van der Waals surface area contributed by atoms with Gasteiger partial charge in [-0.2, -0.15) is 0 Å². The highest BCUT2D eigenvalue weighted by Crippen LogP contribution is 2.39. The fraction of sp³-hybridized carbons (Fsp3) is 0.769. The lowest BCUT2D eigenvalue weighted by molar-refractivity contribution is -0.301. The van der Waals surface area contributed by atoms with Crippen molar-refractivity contribution in [1.29, 1.82) is 0 Å². The Labute approximate surface area is 315 Å². The van der Waals surface area contributed by atoms with E-state index in [1.807, 2.05) is 25.9 Å². The van der Waals surface area contributed by atoms with Crippen LogP contribution in [0, 0.1) is 17.8 Å². The van der Waals surface area contributed by atoms with E-state index in [1.54, 1.807) is 66.0 Å². The summed E-state index contributed by atoms with van der Waals surface area (Å²) in [4.78, 5) is 43.4. The molecular formula is C39H64N2O12. The fourth-order valence-corrected chi connectivity index (χ4v) is 7.70. The number of ether oxygens (including phenoxy) is 7. The highest BCUT2D eigenvalue weighted by molar-refractivity contribution is 5.81. The smallest absolute Gasteiger partial charge is 0.407 e. The van der Waals surface area contributed by atoms with Crippen LogP contribution in [-0.4, -0.2) is 129 Å². The molecule has 14 nitrogen and oxygen atoms in total. The van der Waals surface area contributed by atoms with Gasteiger partial charge in [-0.25, -0.2) is 4.79 Å². The first kappa shape index (κ1) is 44.5. The van der Waals surface area contributed by atoms with Gasteiger partial charge in [0.15, 0.2) is 6.29 Å². The van der Waals surface area contributed by atoms with E-state index < -0.39 is 77.8 Å². The number of likely N-dealkylation sites (N-methyl/N-ethyl adjacent to an activating group) is 1. The zero-order valence-corrected chi connectivity index (χ0v) is 33.6. The molecule has 2 saturated heterocycles. The van der Waals surface area contributed by atoms with E-state index in [1.165, 1.54) is 21.1 Å². The summed E-state index contributed by atoms with van der Waals surface area (Å²) in [5.41, 5.74) is -2.20. The van der Waals surface area contributed by atoms with Crippen LogP contribution in [0.1, 0.15) is 79.7 Å². The van der Waals surface area contributed by atoms with E-state index in [0.29, 0.717) is 12.2 Å². The molecule has 13 atom stereocenters. The Bertz CT molecular complexity index is 1340. The van der Waals surface area contributed by atoms with E-state index in [2.05, 4.69) is 5.32 Å². The molecule has 2 aliphatic rings. The van der Waals surface area contributed by atoms with Crippen LogP contribution in [0.25, 0.3) is 0 Å². The van der Waals surface area contributed by atoms with Crippen molar-refractivity contribution >= 4 is 17.8 Å². The molecule has 2 fully saturated rings. The van der Waals surface area contributed by atoms with Crippen LogP contribution < -0.4 is 10.1 Å². The Morgan fingerprint density at radius 1 is 1.06 bits per heavy atom. The lowest BCUT2D eigenvalue weighted by Crippen LogP contribution is -2.60. The number of ketones is 1. The third kappa shape index (κ3) is 10.9. The van der Waals surface area contributed by atoms with Crippen molar-refractivity contribution in [3.8, 4) is 5.75 Å². The number of aliphatic hydroxyl groups is 2. The lowest BCUT2D eigenvalue weighted by atomic mass is 9.76. The molecule has 0 aliphatic carbocycles. The largest absolute Gasteiger partial charge is 0.497 e. The maximum absolute atomic E-state index is 14.1. The summed E-state index contributed by atoms with van der Waals surface area (Å²) in [7, 11) is 8.20. The summed E-state index contributed by atoms with van der Waals surface area (Å²) < 4.78 is 42.1. The van der Waals surface area contributed by atoms with Crippen molar-refractivity contribution in [3.63, 3.8) is 0 Å². The van der Waals surface area contributed by atoms with Gasteiger partial charge in [-0.15, -0.1) is 0 Å². The topological polar surface area (TPSA) is 172 Å². The van der Waals surface area contributed by atoms with Gasteiger partial charge in [-0.05, 0) is 78.7 Å². The van der Waals surface area contributed by atoms with E-state index in [9.17, 15) is 24.6 Å². The monoisotopic (exact) mass is 752 g/mol. The van der Waals surface area contributed by atoms with Gasteiger partial charge in [0.1, 0.15) is 35.4 Å². The zero-order chi connectivity index (χ0) is 39.8. The number of rotatable bonds is 10. The molecular weight excluding hydrogens is 688 g/mol. The number of cyclic esters (lactones) is 1. The molecule has 2 heterocycles. The van der Waals surface area contributed by atoms with Gasteiger partial charge in [0.25, 0.3) is 0 Å². The van der Waals surface area contributed by atoms with Crippen LogP contribution in [0.4, 0.5) is 4.79 Å². The van der Waals surface area contributed by atoms with Gasteiger partial charge in [0.05, 0.1) is 36.9 Å². The number of carbonyl (C=O) groups excluding carboxylic acids is 3. The van der Waals surface area contributed by atoms with Crippen LogP contribution >= 0.6 is 0 Å². The second kappa shape index (κ2) is 19.1. The SMILES string of the molecule is CC[C@H]1OC(=O)[C@H](C)[C@@H](OC(=O)NCc2ccc(OC)cc2)[C@H](C)[C@@H](O[C@@H]2O[C@H](C)C[C@H](N(C)C)[C@H]2O)[C@](C)(OC)C[C@@H](C)C(=O)C[C@@H](OC)[C@]1(C)O. The van der Waals surface area contributed by atoms with Crippen LogP contribution in [0.15, 0.2) is 24.3 Å². The summed E-state index contributed by atoms with van der Waals surface area (Å²) in [6.07, 6.45) is -6.73. The molecule has 1 aromatic rings. The molecule has 1 aromatic carbocycles. The number of Topliss-reactive ketones (excluding diaryl/α,β-unsaturated/α-hetero) is 1. The summed E-state index contributed by atoms with van der Waals surface area (Å²) >= 11 is 0. The molecule has 14 heteroatoms. The Hall–Kier alpha value is -2.85. The summed E-state index contributed by atoms with van der Waals surface area (Å²) in [6, 6.07) is 6.87. The average Bonchev–Trinajstić information content (AvgIpc) is 3.12. The van der Waals surface area contributed by atoms with Crippen LogP contribution in [0.2, 0.25) is 0 Å². The van der Waals surface area contributed by atoms with Crippen molar-refractivity contribution in [2.45, 2.75) is 141 Å². The van der Waals surface area contributed by atoms with Gasteiger partial charge < -0.3 is 53.6 Å². The third-order valence-corrected chi connectivity index (χ3v) is 11.2. The average molecular weight is 753 g/mol. The van der Waals surface area contributed by atoms with Gasteiger partial charge in [0.2, 0.25) is 0 Å². The molecule has 302 valence electrons. The van der Waals surface area contributed by atoms with E-state index in [-0.39, 0.29) is 43.7 Å². The summed E-state index contributed by atoms with van der Waals surface area (Å²) in [5, 5.41) is 26.0. The predicted octanol–water partition coefficient (Wildman–Crippen LogP) is 3.87. The van der Waals surface area contributed by atoms with Gasteiger partial charge in [-0.3, -0.25) is 9.59 Å². The molecule has 0 spiro atoms. The number of aliphatic hydroxyl groups excluding tert-OH is 1. The number of carbonyl (C=O) groups is 3. The van der Waals surface area contributed by atoms with Crippen LogP contribution in [0.5, 0.6) is 5.75 Å². The number of esters is 1. The number of alkyl carbamates (subject to hydrolysis) is 1. The number of nitrogens with one attached hydrogen (secondary N) is 1. The molecule has 53 heavy (non-hydrogen) atoms. The molecule has 2 aliphatic heterocycles. The number of nitrogens with zero attached hydrogens (tertiary/aromatic N) is 1. The number of hydrogen-bond donors (Lipinski definition) is 3. The number of benzene rings is 1. The number of amides is 1. The zero-order valence-electron chi connectivity index (χ0n) is 33.6. The summed E-state index contributed by atoms with van der Waals surface area (Å²) in [5.74, 6) is -2.79. The molecule has 0 radical (unpaired) electrons. The number of hydrogen-bond acceptors (Lipinski definition) is 13. The predicted molar refractivity (Wildman–Crippen MR) is 196 cm³/mol. The lowest BCUT2D eigenvalue weighted by Gasteiger charge is -2.48. The summed E-state index contributed by atoms with van der Waals surface area (Å²) in [6.45, 7) is 12.2. The van der Waals surface area contributed by atoms with Crippen molar-refractivity contribution in [3.05, 3.63) is 29.8 Å². The van der Waals surface area contributed by atoms with Crippen molar-refractivity contribution in [2.75, 3.05) is 35.4 Å². The highest BCUT2D eigenvalue weighted by Gasteiger charge is 2.52. The molecule has 0 aromatic heterocycles. The Kier molecular flexibility index (Phi) is 16.1. The minimum Gasteiger partial charge on any atom is -0.497 e. The first-order valence-electron chi connectivity index (χ1n) is 18.6. The van der Waals surface area contributed by atoms with E-state index in [4.69, 9.17) is 33.2 Å². The second-order valence-electron chi connectivity index (χ2n) is 15.4. The van der Waals surface area contributed by atoms with Crippen LogP contribution in [-0.2, 0) is 44.6 Å². The molecule has 3 rings (SSSR count). The van der Waals surface area contributed by atoms with Gasteiger partial charge in [-0.1, -0.05) is 32.9 Å². The van der Waals surface area contributed by atoms with Crippen molar-refractivity contribution in [1.82, 2.24) is 10.2 Å². The quantitative estimate of drug-likeness (QED) is 0.295. The molecule has 3 N–H and O–H groups in total. The standard InChI is InChI=1S/C39H64N2O12/c1-13-30-39(7,46)31(48-11)19-29(42)22(2)20-38(6,49-12)34(53-36-32(43)28(41(8)9)18-23(3)50-36)24(4)33(25(5)35(44)51-30)52-37(45)40-21-26-14-16-27(47-10)17-15-26/h14-17,22-25,28,30-34,36,43,46H,13,18-21H2,1-12H3,(H,40,45)/t22-,23-,24+,25-,28+,30-,31-,32-,33+,34-,36+,38-,39-/m1/s1. The normalized spacial score (nSPS) is 37.8. The Balaban J connectivity index is 2.13. The van der Waals surface area contributed by atoms with Gasteiger partial charge >= 0.3 is 12.1 Å². The molecule has 0 saturated carbocycles. The van der Waals surface area contributed by atoms with E-state index >= 15 is 0 Å².